The van der Waals surface area contributed by atoms with Crippen LogP contribution in [0.2, 0.25) is 0 Å². The number of nitrogens with zero attached hydrogens (tertiary/aromatic N) is 2. The number of halogens is 1. The molecule has 1 aromatic carbocycles. The minimum Gasteiger partial charge on any atom is -0.477 e. The largest absolute Gasteiger partial charge is 0.477 e. The molecule has 3 heterocycles. The molecular formula is C22H26FN3O3. The van der Waals surface area contributed by atoms with Crippen LogP contribution < -0.4 is 15.6 Å². The van der Waals surface area contributed by atoms with Crippen molar-refractivity contribution in [2.45, 2.75) is 69.6 Å². The number of carbonyl (C=O) groups is 1. The maximum Gasteiger partial charge on any atom is 0.341 e. The van der Waals surface area contributed by atoms with Gasteiger partial charge in [0.1, 0.15) is 11.4 Å². The molecular weight excluding hydrogens is 373 g/mol. The van der Waals surface area contributed by atoms with E-state index in [4.69, 9.17) is 0 Å². The standard InChI is InChI=1S/C22H26FN3O3/c1-2-24-12-7-14-5-6-15(8-12)26(14)20-10-19-16(9-18(20)23)21(27)17(22(28)29)11-25(19)13-3-4-13/h9-15,24H,2-8H2,1H3,(H,28,29)/t12?,14-,15+. The number of fused-ring (bicyclic) bond motifs is 3. The molecule has 7 heteroatoms. The summed E-state index contributed by atoms with van der Waals surface area (Å²) in [6.45, 7) is 3.05. The second-order valence-electron chi connectivity index (χ2n) is 8.65. The zero-order chi connectivity index (χ0) is 20.3. The van der Waals surface area contributed by atoms with E-state index in [2.05, 4.69) is 17.1 Å². The lowest BCUT2D eigenvalue weighted by Crippen LogP contribution is -2.49. The lowest BCUT2D eigenvalue weighted by Gasteiger charge is -2.41. The average molecular weight is 399 g/mol. The number of carboxylic acids is 1. The fourth-order valence-corrected chi connectivity index (χ4v) is 5.39. The summed E-state index contributed by atoms with van der Waals surface area (Å²) in [5.41, 5.74) is 0.302. The number of aromatic nitrogens is 1. The van der Waals surface area contributed by atoms with Crippen LogP contribution in [0.15, 0.2) is 23.1 Å². The number of rotatable bonds is 5. The summed E-state index contributed by atoms with van der Waals surface area (Å²) in [6, 6.07) is 4.29. The van der Waals surface area contributed by atoms with Gasteiger partial charge >= 0.3 is 5.97 Å². The molecule has 2 aromatic rings. The Labute approximate surface area is 168 Å². The van der Waals surface area contributed by atoms with Crippen LogP contribution in [0.5, 0.6) is 0 Å². The van der Waals surface area contributed by atoms with E-state index >= 15 is 4.39 Å². The second kappa shape index (κ2) is 6.83. The quantitative estimate of drug-likeness (QED) is 0.807. The van der Waals surface area contributed by atoms with E-state index in [9.17, 15) is 14.7 Å². The third kappa shape index (κ3) is 3.03. The first-order chi connectivity index (χ1) is 14.0. The molecule has 1 aromatic heterocycles. The fourth-order valence-electron chi connectivity index (χ4n) is 5.39. The third-order valence-corrected chi connectivity index (χ3v) is 6.78. The highest BCUT2D eigenvalue weighted by molar-refractivity contribution is 5.93. The van der Waals surface area contributed by atoms with Crippen molar-refractivity contribution in [3.05, 3.63) is 39.9 Å². The molecule has 6 nitrogen and oxygen atoms in total. The van der Waals surface area contributed by atoms with E-state index in [1.807, 2.05) is 4.57 Å². The number of pyridine rings is 1. The lowest BCUT2D eigenvalue weighted by atomic mass is 9.96. The third-order valence-electron chi connectivity index (χ3n) is 6.78. The highest BCUT2D eigenvalue weighted by Crippen LogP contribution is 2.42. The molecule has 2 bridgehead atoms. The molecule has 2 aliphatic heterocycles. The van der Waals surface area contributed by atoms with Gasteiger partial charge in [0.25, 0.3) is 0 Å². The van der Waals surface area contributed by atoms with E-state index < -0.39 is 17.2 Å². The van der Waals surface area contributed by atoms with Crippen molar-refractivity contribution in [2.75, 3.05) is 11.4 Å². The lowest BCUT2D eigenvalue weighted by molar-refractivity contribution is 0.0695. The number of hydrogen-bond acceptors (Lipinski definition) is 4. The Balaban J connectivity index is 1.62. The van der Waals surface area contributed by atoms with Gasteiger partial charge in [-0.1, -0.05) is 6.92 Å². The van der Waals surface area contributed by atoms with Gasteiger partial charge in [-0.2, -0.15) is 0 Å². The average Bonchev–Trinajstić information content (AvgIpc) is 3.48. The van der Waals surface area contributed by atoms with E-state index in [0.717, 1.165) is 45.1 Å². The predicted octanol–water partition coefficient (Wildman–Crippen LogP) is 3.28. The first kappa shape index (κ1) is 18.6. The summed E-state index contributed by atoms with van der Waals surface area (Å²) >= 11 is 0. The van der Waals surface area contributed by atoms with Gasteiger partial charge in [0, 0.05) is 35.8 Å². The molecule has 2 N–H and O–H groups in total. The normalized spacial score (nSPS) is 26.3. The number of hydrogen-bond donors (Lipinski definition) is 2. The van der Waals surface area contributed by atoms with Crippen LogP contribution in [0.1, 0.15) is 61.8 Å². The van der Waals surface area contributed by atoms with Crippen LogP contribution in [0, 0.1) is 5.82 Å². The molecule has 2 saturated heterocycles. The van der Waals surface area contributed by atoms with Gasteiger partial charge in [-0.25, -0.2) is 9.18 Å². The Bertz CT molecular complexity index is 1030. The number of benzene rings is 1. The molecule has 0 radical (unpaired) electrons. The number of nitrogens with one attached hydrogen (secondary N) is 1. The van der Waals surface area contributed by atoms with Crippen molar-refractivity contribution >= 4 is 22.6 Å². The van der Waals surface area contributed by atoms with Crippen molar-refractivity contribution in [1.82, 2.24) is 9.88 Å². The number of piperidine rings is 1. The van der Waals surface area contributed by atoms with Crippen molar-refractivity contribution in [3.8, 4) is 0 Å². The summed E-state index contributed by atoms with van der Waals surface area (Å²) < 4.78 is 17.1. The maximum atomic E-state index is 15.2. The van der Waals surface area contributed by atoms with E-state index in [1.54, 1.807) is 6.07 Å². The van der Waals surface area contributed by atoms with Gasteiger partial charge in [0.05, 0.1) is 11.2 Å². The minimum atomic E-state index is -1.26. The van der Waals surface area contributed by atoms with Gasteiger partial charge in [0.15, 0.2) is 0 Å². The smallest absolute Gasteiger partial charge is 0.341 e. The monoisotopic (exact) mass is 399 g/mol. The molecule has 1 unspecified atom stereocenters. The highest BCUT2D eigenvalue weighted by Gasteiger charge is 2.41. The molecule has 3 atom stereocenters. The highest BCUT2D eigenvalue weighted by atomic mass is 19.1. The molecule has 5 rings (SSSR count). The zero-order valence-electron chi connectivity index (χ0n) is 16.5. The SMILES string of the molecule is CCNC1C[C@H]2CC[C@@H](C1)N2c1cc2c(cc1F)c(=O)c(C(=O)O)cn2C1CC1. The summed E-state index contributed by atoms with van der Waals surface area (Å²) in [5.74, 6) is -1.70. The molecule has 3 fully saturated rings. The van der Waals surface area contributed by atoms with Gasteiger partial charge in [0.2, 0.25) is 5.43 Å². The Kier molecular flexibility index (Phi) is 4.38. The summed E-state index contributed by atoms with van der Waals surface area (Å²) in [7, 11) is 0. The van der Waals surface area contributed by atoms with Crippen LogP contribution in [-0.4, -0.2) is 40.3 Å². The van der Waals surface area contributed by atoms with Crippen LogP contribution in [-0.2, 0) is 0 Å². The van der Waals surface area contributed by atoms with Crippen LogP contribution in [0.25, 0.3) is 10.9 Å². The first-order valence-corrected chi connectivity index (χ1v) is 10.6. The molecule has 29 heavy (non-hydrogen) atoms. The van der Waals surface area contributed by atoms with Crippen LogP contribution in [0.3, 0.4) is 0 Å². The van der Waals surface area contributed by atoms with Gasteiger partial charge in [-0.3, -0.25) is 4.79 Å². The molecule has 1 aliphatic carbocycles. The molecule has 3 aliphatic rings. The zero-order valence-corrected chi connectivity index (χ0v) is 16.5. The number of aromatic carboxylic acids is 1. The van der Waals surface area contributed by atoms with E-state index in [0.29, 0.717) is 29.3 Å². The van der Waals surface area contributed by atoms with Gasteiger partial charge in [-0.15, -0.1) is 0 Å². The maximum absolute atomic E-state index is 15.2. The minimum absolute atomic E-state index is 0.160. The van der Waals surface area contributed by atoms with Crippen molar-refractivity contribution in [2.24, 2.45) is 0 Å². The van der Waals surface area contributed by atoms with Crippen LogP contribution >= 0.6 is 0 Å². The molecule has 1 saturated carbocycles. The number of anilines is 1. The second-order valence-corrected chi connectivity index (χ2v) is 8.65. The first-order valence-electron chi connectivity index (χ1n) is 10.6. The Morgan fingerprint density at radius 3 is 2.41 bits per heavy atom. The van der Waals surface area contributed by atoms with E-state index in [1.165, 1.54) is 12.3 Å². The topological polar surface area (TPSA) is 74.6 Å². The van der Waals surface area contributed by atoms with Crippen molar-refractivity contribution in [1.29, 1.82) is 0 Å². The number of carboxylic acid groups (broad SMARTS) is 1. The Morgan fingerprint density at radius 1 is 1.17 bits per heavy atom. The van der Waals surface area contributed by atoms with Gasteiger partial charge < -0.3 is 19.9 Å². The molecule has 154 valence electrons. The fraction of sp³-hybridized carbons (Fsp3) is 0.545. The summed E-state index contributed by atoms with van der Waals surface area (Å²) in [6.07, 6.45) is 7.43. The predicted molar refractivity (Wildman–Crippen MR) is 109 cm³/mol. The Hall–Kier alpha value is -2.41. The summed E-state index contributed by atoms with van der Waals surface area (Å²) in [4.78, 5) is 26.4. The van der Waals surface area contributed by atoms with Crippen molar-refractivity contribution < 1.29 is 14.3 Å². The molecule has 0 amide bonds. The van der Waals surface area contributed by atoms with Gasteiger partial charge in [-0.05, 0) is 57.2 Å². The van der Waals surface area contributed by atoms with Crippen LogP contribution in [0.4, 0.5) is 10.1 Å². The van der Waals surface area contributed by atoms with Crippen molar-refractivity contribution in [3.63, 3.8) is 0 Å². The summed E-state index contributed by atoms with van der Waals surface area (Å²) in [5, 5.41) is 13.1. The molecule has 0 spiro atoms. The Morgan fingerprint density at radius 2 is 1.83 bits per heavy atom. The van der Waals surface area contributed by atoms with E-state index in [-0.39, 0.29) is 17.0 Å².